The van der Waals surface area contributed by atoms with Crippen molar-refractivity contribution in [3.8, 4) is 0 Å². The Morgan fingerprint density at radius 3 is 3.00 bits per heavy atom. The minimum absolute atomic E-state index is 0.0289. The number of hydrogen-bond acceptors (Lipinski definition) is 3. The van der Waals surface area contributed by atoms with Gasteiger partial charge in [-0.3, -0.25) is 4.79 Å². The molecule has 0 aromatic carbocycles. The molecule has 4 nitrogen and oxygen atoms in total. The second-order valence-corrected chi connectivity index (χ2v) is 4.29. The number of nitrogens with one attached hydrogen (secondary N) is 2. The molecule has 1 saturated carbocycles. The standard InChI is InChI=1S/C12H17N3O/c1-9-3-2-4-11(14-9)15-12(16)8-13-7-10-5-6-10/h2-4,10,13H,5-8H2,1H3,(H,14,15,16). The Balaban J connectivity index is 1.73. The van der Waals surface area contributed by atoms with Gasteiger partial charge in [0.25, 0.3) is 0 Å². The van der Waals surface area contributed by atoms with Gasteiger partial charge in [0, 0.05) is 5.69 Å². The van der Waals surface area contributed by atoms with Crippen molar-refractivity contribution < 1.29 is 4.79 Å². The summed E-state index contributed by atoms with van der Waals surface area (Å²) in [4.78, 5) is 15.7. The van der Waals surface area contributed by atoms with Crippen LogP contribution in [0.4, 0.5) is 5.82 Å². The van der Waals surface area contributed by atoms with Crippen molar-refractivity contribution >= 4 is 11.7 Å². The number of aromatic nitrogens is 1. The number of carbonyl (C=O) groups is 1. The minimum Gasteiger partial charge on any atom is -0.310 e. The fourth-order valence-corrected chi connectivity index (χ4v) is 1.51. The zero-order valence-corrected chi connectivity index (χ0v) is 9.49. The van der Waals surface area contributed by atoms with Crippen LogP contribution in [0, 0.1) is 12.8 Å². The van der Waals surface area contributed by atoms with Crippen LogP contribution in [0.5, 0.6) is 0 Å². The van der Waals surface area contributed by atoms with Crippen molar-refractivity contribution in [3.05, 3.63) is 23.9 Å². The van der Waals surface area contributed by atoms with E-state index in [1.807, 2.05) is 19.1 Å². The topological polar surface area (TPSA) is 54.0 Å². The zero-order valence-electron chi connectivity index (χ0n) is 9.49. The van der Waals surface area contributed by atoms with Gasteiger partial charge in [0.2, 0.25) is 5.91 Å². The average Bonchev–Trinajstić information content (AvgIpc) is 3.01. The van der Waals surface area contributed by atoms with Gasteiger partial charge in [0.1, 0.15) is 5.82 Å². The molecule has 86 valence electrons. The molecular weight excluding hydrogens is 202 g/mol. The van der Waals surface area contributed by atoms with Gasteiger partial charge in [-0.25, -0.2) is 4.98 Å². The summed E-state index contributed by atoms with van der Waals surface area (Å²) in [6.45, 7) is 3.22. The average molecular weight is 219 g/mol. The largest absolute Gasteiger partial charge is 0.310 e. The van der Waals surface area contributed by atoms with Crippen molar-refractivity contribution in [2.45, 2.75) is 19.8 Å². The third-order valence-electron chi connectivity index (χ3n) is 2.57. The number of nitrogens with zero attached hydrogens (tertiary/aromatic N) is 1. The summed E-state index contributed by atoms with van der Waals surface area (Å²) in [6, 6.07) is 5.59. The molecule has 0 radical (unpaired) electrons. The van der Waals surface area contributed by atoms with Crippen LogP contribution < -0.4 is 10.6 Å². The highest BCUT2D eigenvalue weighted by Gasteiger charge is 2.20. The zero-order chi connectivity index (χ0) is 11.4. The summed E-state index contributed by atoms with van der Waals surface area (Å²) in [5.74, 6) is 1.39. The Hall–Kier alpha value is -1.42. The highest BCUT2D eigenvalue weighted by Crippen LogP contribution is 2.27. The molecule has 1 heterocycles. The molecule has 2 rings (SSSR count). The molecule has 0 unspecified atom stereocenters. The number of aryl methyl sites for hydroxylation is 1. The molecule has 2 N–H and O–H groups in total. The molecule has 0 atom stereocenters. The monoisotopic (exact) mass is 219 g/mol. The number of rotatable bonds is 5. The molecule has 0 aliphatic heterocycles. The van der Waals surface area contributed by atoms with Gasteiger partial charge < -0.3 is 10.6 Å². The SMILES string of the molecule is Cc1cccc(NC(=O)CNCC2CC2)n1. The van der Waals surface area contributed by atoms with Crippen LogP contribution in [-0.2, 0) is 4.79 Å². The van der Waals surface area contributed by atoms with E-state index in [0.29, 0.717) is 12.4 Å². The summed E-state index contributed by atoms with van der Waals surface area (Å²) >= 11 is 0. The molecule has 1 fully saturated rings. The van der Waals surface area contributed by atoms with E-state index in [4.69, 9.17) is 0 Å². The number of hydrogen-bond donors (Lipinski definition) is 2. The lowest BCUT2D eigenvalue weighted by Gasteiger charge is -2.05. The molecular formula is C12H17N3O. The first-order valence-electron chi connectivity index (χ1n) is 5.68. The van der Waals surface area contributed by atoms with Crippen LogP contribution in [0.3, 0.4) is 0 Å². The van der Waals surface area contributed by atoms with Gasteiger partial charge in [-0.15, -0.1) is 0 Å². The van der Waals surface area contributed by atoms with Crippen LogP contribution in [0.1, 0.15) is 18.5 Å². The van der Waals surface area contributed by atoms with E-state index < -0.39 is 0 Å². The first kappa shape index (κ1) is 11.1. The van der Waals surface area contributed by atoms with E-state index in [2.05, 4.69) is 15.6 Å². The summed E-state index contributed by atoms with van der Waals surface area (Å²) in [5.41, 5.74) is 0.906. The lowest BCUT2D eigenvalue weighted by molar-refractivity contribution is -0.115. The maximum Gasteiger partial charge on any atom is 0.239 e. The molecule has 4 heteroatoms. The van der Waals surface area contributed by atoms with E-state index in [1.165, 1.54) is 12.8 Å². The van der Waals surface area contributed by atoms with Crippen LogP contribution in [0.2, 0.25) is 0 Å². The Kier molecular flexibility index (Phi) is 3.51. The highest BCUT2D eigenvalue weighted by molar-refractivity contribution is 5.91. The smallest absolute Gasteiger partial charge is 0.239 e. The quantitative estimate of drug-likeness (QED) is 0.785. The third kappa shape index (κ3) is 3.62. The Morgan fingerprint density at radius 2 is 2.31 bits per heavy atom. The van der Waals surface area contributed by atoms with Gasteiger partial charge in [-0.2, -0.15) is 0 Å². The first-order chi connectivity index (χ1) is 7.74. The number of carbonyl (C=O) groups excluding carboxylic acids is 1. The van der Waals surface area contributed by atoms with Crippen molar-refractivity contribution in [2.24, 2.45) is 5.92 Å². The molecule has 1 aromatic rings. The molecule has 1 aliphatic rings. The van der Waals surface area contributed by atoms with E-state index in [0.717, 1.165) is 18.2 Å². The van der Waals surface area contributed by atoms with Crippen molar-refractivity contribution in [1.82, 2.24) is 10.3 Å². The predicted octanol–water partition coefficient (Wildman–Crippen LogP) is 1.33. The van der Waals surface area contributed by atoms with Crippen LogP contribution in [-0.4, -0.2) is 24.0 Å². The Morgan fingerprint density at radius 1 is 1.50 bits per heavy atom. The van der Waals surface area contributed by atoms with Gasteiger partial charge in [-0.1, -0.05) is 6.07 Å². The van der Waals surface area contributed by atoms with Crippen molar-refractivity contribution in [3.63, 3.8) is 0 Å². The predicted molar refractivity (Wildman–Crippen MR) is 63.2 cm³/mol. The fourth-order valence-electron chi connectivity index (χ4n) is 1.51. The maximum atomic E-state index is 11.5. The minimum atomic E-state index is -0.0289. The summed E-state index contributed by atoms with van der Waals surface area (Å²) in [6.07, 6.45) is 2.60. The fraction of sp³-hybridized carbons (Fsp3) is 0.500. The van der Waals surface area contributed by atoms with E-state index >= 15 is 0 Å². The van der Waals surface area contributed by atoms with E-state index in [9.17, 15) is 4.79 Å². The second kappa shape index (κ2) is 5.07. The third-order valence-corrected chi connectivity index (χ3v) is 2.57. The Bertz CT molecular complexity index is 374. The number of pyridine rings is 1. The van der Waals surface area contributed by atoms with Crippen LogP contribution in [0.15, 0.2) is 18.2 Å². The van der Waals surface area contributed by atoms with E-state index in [-0.39, 0.29) is 5.91 Å². The molecule has 1 aliphatic carbocycles. The second-order valence-electron chi connectivity index (χ2n) is 4.29. The van der Waals surface area contributed by atoms with E-state index in [1.54, 1.807) is 6.07 Å². The Labute approximate surface area is 95.5 Å². The van der Waals surface area contributed by atoms with Crippen LogP contribution >= 0.6 is 0 Å². The number of anilines is 1. The normalized spacial score (nSPS) is 14.8. The molecule has 16 heavy (non-hydrogen) atoms. The molecule has 0 bridgehead atoms. The van der Waals surface area contributed by atoms with Crippen molar-refractivity contribution in [1.29, 1.82) is 0 Å². The van der Waals surface area contributed by atoms with Crippen LogP contribution in [0.25, 0.3) is 0 Å². The number of amides is 1. The first-order valence-corrected chi connectivity index (χ1v) is 5.68. The van der Waals surface area contributed by atoms with Gasteiger partial charge in [-0.05, 0) is 44.4 Å². The lowest BCUT2D eigenvalue weighted by Crippen LogP contribution is -2.29. The summed E-state index contributed by atoms with van der Waals surface area (Å²) in [7, 11) is 0. The molecule has 0 saturated heterocycles. The summed E-state index contributed by atoms with van der Waals surface area (Å²) in [5, 5.41) is 5.91. The maximum absolute atomic E-state index is 11.5. The molecule has 1 aromatic heterocycles. The lowest BCUT2D eigenvalue weighted by atomic mass is 10.3. The van der Waals surface area contributed by atoms with Gasteiger partial charge in [0.15, 0.2) is 0 Å². The van der Waals surface area contributed by atoms with Gasteiger partial charge >= 0.3 is 0 Å². The molecule has 0 spiro atoms. The van der Waals surface area contributed by atoms with Gasteiger partial charge in [0.05, 0.1) is 6.54 Å². The summed E-state index contributed by atoms with van der Waals surface area (Å²) < 4.78 is 0. The van der Waals surface area contributed by atoms with Crippen molar-refractivity contribution in [2.75, 3.05) is 18.4 Å². The molecule has 1 amide bonds. The highest BCUT2D eigenvalue weighted by atomic mass is 16.1.